The third kappa shape index (κ3) is 5.18. The molecule has 0 fully saturated rings. The van der Waals surface area contributed by atoms with Gasteiger partial charge in [0.2, 0.25) is 17.3 Å². The number of nitrogens with zero attached hydrogens (tertiary/aromatic N) is 5. The van der Waals surface area contributed by atoms with Crippen LogP contribution < -0.4 is 15.4 Å². The highest BCUT2D eigenvalue weighted by atomic mass is 32.2. The van der Waals surface area contributed by atoms with Crippen molar-refractivity contribution in [2.45, 2.75) is 4.90 Å². The van der Waals surface area contributed by atoms with Gasteiger partial charge in [-0.1, -0.05) is 11.2 Å². The zero-order valence-corrected chi connectivity index (χ0v) is 17.3. The molecular weight excluding hydrogens is 446 g/mol. The number of sulfone groups is 1. The number of benzene rings is 1. The number of rotatable bonds is 6. The number of anilines is 2. The Bertz CT molecular complexity index is 1300. The minimum absolute atomic E-state index is 0.0510. The molecule has 2 amide bonds. The van der Waals surface area contributed by atoms with E-state index in [4.69, 9.17) is 4.74 Å². The monoisotopic (exact) mass is 459 g/mol. The fourth-order valence-electron chi connectivity index (χ4n) is 2.32. The van der Waals surface area contributed by atoms with E-state index in [-0.39, 0.29) is 10.9 Å². The number of urea groups is 1. The van der Waals surface area contributed by atoms with Gasteiger partial charge in [0, 0.05) is 29.5 Å². The lowest BCUT2D eigenvalue weighted by Crippen LogP contribution is -2.19. The second-order valence-corrected chi connectivity index (χ2v) is 8.80. The first-order valence-corrected chi connectivity index (χ1v) is 11.1. The molecule has 0 radical (unpaired) electrons. The molecule has 0 bridgehead atoms. The molecule has 0 saturated heterocycles. The van der Waals surface area contributed by atoms with Crippen molar-refractivity contribution in [1.82, 2.24) is 24.5 Å². The van der Waals surface area contributed by atoms with E-state index in [9.17, 15) is 13.2 Å². The summed E-state index contributed by atoms with van der Waals surface area (Å²) in [6, 6.07) is 6.98. The first-order chi connectivity index (χ1) is 14.9. The van der Waals surface area contributed by atoms with Crippen molar-refractivity contribution in [1.29, 1.82) is 0 Å². The van der Waals surface area contributed by atoms with Crippen LogP contribution in [0.25, 0.3) is 11.5 Å². The number of nitrogens with one attached hydrogen (secondary N) is 2. The zero-order valence-electron chi connectivity index (χ0n) is 15.7. The molecule has 3 heterocycles. The van der Waals surface area contributed by atoms with Crippen molar-refractivity contribution in [2.75, 3.05) is 16.9 Å². The Morgan fingerprint density at radius 2 is 1.87 bits per heavy atom. The van der Waals surface area contributed by atoms with Crippen molar-refractivity contribution in [3.8, 4) is 22.6 Å². The fraction of sp³-hybridized carbons (Fsp3) is 0.0588. The van der Waals surface area contributed by atoms with Crippen LogP contribution in [-0.2, 0) is 9.84 Å². The van der Waals surface area contributed by atoms with Crippen LogP contribution in [-0.4, -0.2) is 45.2 Å². The van der Waals surface area contributed by atoms with Gasteiger partial charge in [-0.15, -0.1) is 0 Å². The maximum atomic E-state index is 12.1. The fourth-order valence-corrected chi connectivity index (χ4v) is 3.58. The summed E-state index contributed by atoms with van der Waals surface area (Å²) in [5.41, 5.74) is 1.12. The topological polar surface area (TPSA) is 162 Å². The predicted molar refractivity (Wildman–Crippen MR) is 110 cm³/mol. The van der Waals surface area contributed by atoms with E-state index in [2.05, 4.69) is 39.6 Å². The van der Waals surface area contributed by atoms with E-state index in [1.807, 2.05) is 0 Å². The Balaban J connectivity index is 1.36. The average molecular weight is 459 g/mol. The maximum absolute atomic E-state index is 12.1. The van der Waals surface area contributed by atoms with Gasteiger partial charge in [-0.25, -0.2) is 23.2 Å². The van der Waals surface area contributed by atoms with Gasteiger partial charge in [-0.05, 0) is 18.2 Å². The largest absolute Gasteiger partial charge is 0.412 e. The first kappa shape index (κ1) is 20.4. The Morgan fingerprint density at radius 3 is 2.58 bits per heavy atom. The van der Waals surface area contributed by atoms with E-state index < -0.39 is 15.9 Å². The van der Waals surface area contributed by atoms with Crippen LogP contribution in [0.3, 0.4) is 0 Å². The third-order valence-corrected chi connectivity index (χ3v) is 5.46. The summed E-state index contributed by atoms with van der Waals surface area (Å²) < 4.78 is 37.6. The molecule has 0 spiro atoms. The van der Waals surface area contributed by atoms with Gasteiger partial charge in [-0.2, -0.15) is 9.36 Å². The summed E-state index contributed by atoms with van der Waals surface area (Å²) in [4.78, 5) is 24.2. The molecule has 4 rings (SSSR count). The highest BCUT2D eigenvalue weighted by molar-refractivity contribution is 7.90. The molecule has 14 heteroatoms. The van der Waals surface area contributed by atoms with Gasteiger partial charge in [0.25, 0.3) is 0 Å². The van der Waals surface area contributed by atoms with Gasteiger partial charge in [0.15, 0.2) is 9.84 Å². The molecule has 0 unspecified atom stereocenters. The van der Waals surface area contributed by atoms with Crippen molar-refractivity contribution < 1.29 is 22.5 Å². The second-order valence-electron chi connectivity index (χ2n) is 6.02. The van der Waals surface area contributed by atoms with Crippen LogP contribution in [0, 0.1) is 0 Å². The van der Waals surface area contributed by atoms with Crippen LogP contribution in [0.4, 0.5) is 16.2 Å². The summed E-state index contributed by atoms with van der Waals surface area (Å²) >= 11 is 1.07. The molecule has 12 nitrogen and oxygen atoms in total. The van der Waals surface area contributed by atoms with E-state index in [1.165, 1.54) is 37.0 Å². The summed E-state index contributed by atoms with van der Waals surface area (Å²) in [6.07, 6.45) is 5.00. The summed E-state index contributed by atoms with van der Waals surface area (Å²) in [5, 5.41) is 9.20. The van der Waals surface area contributed by atoms with Crippen molar-refractivity contribution in [3.05, 3.63) is 49.1 Å². The quantitative estimate of drug-likeness (QED) is 0.438. The van der Waals surface area contributed by atoms with Gasteiger partial charge >= 0.3 is 12.0 Å². The van der Waals surface area contributed by atoms with Crippen LogP contribution in [0.1, 0.15) is 0 Å². The van der Waals surface area contributed by atoms with Crippen LogP contribution >= 0.6 is 11.5 Å². The van der Waals surface area contributed by atoms with Gasteiger partial charge < -0.3 is 19.9 Å². The highest BCUT2D eigenvalue weighted by Crippen LogP contribution is 2.28. The molecule has 0 saturated carbocycles. The van der Waals surface area contributed by atoms with Gasteiger partial charge in [0.05, 0.1) is 23.0 Å². The first-order valence-electron chi connectivity index (χ1n) is 8.48. The molecule has 0 aliphatic carbocycles. The summed E-state index contributed by atoms with van der Waals surface area (Å²) in [6.45, 7) is 0. The number of ether oxygens (including phenoxy) is 1. The Hall–Kier alpha value is -3.91. The number of aromatic nitrogens is 5. The second kappa shape index (κ2) is 8.45. The molecular formula is C17H13N7O5S2. The number of hydrogen-bond acceptors (Lipinski definition) is 11. The number of amides is 2. The number of carbonyl (C=O) groups is 1. The van der Waals surface area contributed by atoms with E-state index in [1.54, 1.807) is 12.1 Å². The summed E-state index contributed by atoms with van der Waals surface area (Å²) in [7, 11) is -3.38. The molecule has 0 atom stereocenters. The van der Waals surface area contributed by atoms with E-state index in [0.29, 0.717) is 28.0 Å². The van der Waals surface area contributed by atoms with Gasteiger partial charge in [-0.3, -0.25) is 0 Å². The lowest BCUT2D eigenvalue weighted by atomic mass is 10.3. The maximum Gasteiger partial charge on any atom is 0.323 e. The molecule has 1 aromatic carbocycles. The smallest absolute Gasteiger partial charge is 0.323 e. The Kier molecular flexibility index (Phi) is 5.55. The normalized spacial score (nSPS) is 11.1. The Labute approximate surface area is 179 Å². The molecule has 158 valence electrons. The third-order valence-electron chi connectivity index (χ3n) is 3.68. The van der Waals surface area contributed by atoms with Crippen molar-refractivity contribution >= 4 is 38.8 Å². The summed E-state index contributed by atoms with van der Waals surface area (Å²) in [5.74, 6) is 0.333. The van der Waals surface area contributed by atoms with Crippen molar-refractivity contribution in [3.63, 3.8) is 0 Å². The number of hydrogen-bond donors (Lipinski definition) is 2. The Morgan fingerprint density at radius 1 is 1.10 bits per heavy atom. The van der Waals surface area contributed by atoms with Crippen LogP contribution in [0.2, 0.25) is 0 Å². The van der Waals surface area contributed by atoms with Gasteiger partial charge in [0.1, 0.15) is 5.69 Å². The molecule has 0 aliphatic heterocycles. The predicted octanol–water partition coefficient (Wildman–Crippen LogP) is 2.82. The van der Waals surface area contributed by atoms with Crippen molar-refractivity contribution in [2.24, 2.45) is 0 Å². The number of carbonyl (C=O) groups excluding carboxylic acids is 1. The van der Waals surface area contributed by atoms with Crippen LogP contribution in [0.15, 0.2) is 58.5 Å². The molecule has 3 aromatic heterocycles. The van der Waals surface area contributed by atoms with E-state index in [0.717, 1.165) is 17.8 Å². The standard InChI is InChI=1S/C17H13N7O5S2/c1-31(26,27)12-4-2-3-10(5-12)21-16(25)22-11-7-18-17(19-8-11)29-14-6-13(24-30-14)15-20-9-28-23-15/h2-9H,1H3,(H2,21,22,25). The van der Waals surface area contributed by atoms with Crippen LogP contribution in [0.5, 0.6) is 11.1 Å². The minimum Gasteiger partial charge on any atom is -0.412 e. The SMILES string of the molecule is CS(=O)(=O)c1cccc(NC(=O)Nc2cnc(Oc3cc(-c4ncon4)ns3)nc2)c1. The molecule has 4 aromatic rings. The molecule has 0 aliphatic rings. The molecule has 2 N–H and O–H groups in total. The zero-order chi connectivity index (χ0) is 21.8. The minimum atomic E-state index is -3.38. The van der Waals surface area contributed by atoms with E-state index >= 15 is 0 Å². The lowest BCUT2D eigenvalue weighted by molar-refractivity contribution is 0.262. The highest BCUT2D eigenvalue weighted by Gasteiger charge is 2.12. The lowest BCUT2D eigenvalue weighted by Gasteiger charge is -2.08. The average Bonchev–Trinajstić information content (AvgIpc) is 3.41. The molecule has 31 heavy (non-hydrogen) atoms.